The molecule has 0 aromatic heterocycles. The minimum atomic E-state index is -4.43. The van der Waals surface area contributed by atoms with Gasteiger partial charge in [0.1, 0.15) is 0 Å². The maximum absolute atomic E-state index is 12.8. The summed E-state index contributed by atoms with van der Waals surface area (Å²) in [5.41, 5.74) is -0.462. The molecule has 0 saturated carbocycles. The van der Waals surface area contributed by atoms with Gasteiger partial charge in [0.15, 0.2) is 0 Å². The summed E-state index contributed by atoms with van der Waals surface area (Å²) in [5.74, 6) is 0. The number of aliphatic hydroxyl groups is 1. The summed E-state index contributed by atoms with van der Waals surface area (Å²) < 4.78 is 63.9. The Bertz CT molecular complexity index is 977. The van der Waals surface area contributed by atoms with E-state index in [4.69, 9.17) is 0 Å². The second kappa shape index (κ2) is 7.62. The highest BCUT2D eigenvalue weighted by Gasteiger charge is 2.40. The molecule has 3 rings (SSSR count). The van der Waals surface area contributed by atoms with Crippen molar-refractivity contribution in [2.75, 3.05) is 11.0 Å². The molecule has 1 aliphatic rings. The van der Waals surface area contributed by atoms with Crippen molar-refractivity contribution in [2.24, 2.45) is 0 Å². The van der Waals surface area contributed by atoms with Crippen LogP contribution in [0.4, 0.5) is 18.9 Å². The van der Waals surface area contributed by atoms with Gasteiger partial charge in [-0.2, -0.15) is 13.2 Å². The summed E-state index contributed by atoms with van der Waals surface area (Å²) >= 11 is 0. The molecule has 0 aliphatic carbocycles. The summed E-state index contributed by atoms with van der Waals surface area (Å²) in [7, 11) is -3.43. The second-order valence-corrected chi connectivity index (χ2v) is 9.38. The van der Waals surface area contributed by atoms with Crippen LogP contribution in [0.1, 0.15) is 42.5 Å². The van der Waals surface area contributed by atoms with Gasteiger partial charge in [-0.05, 0) is 55.2 Å². The molecule has 3 N–H and O–H groups in total. The molecule has 1 heterocycles. The molecule has 1 aliphatic heterocycles. The van der Waals surface area contributed by atoms with Gasteiger partial charge in [0, 0.05) is 17.8 Å². The fraction of sp³-hybridized carbons (Fsp3) is 0.400. The number of benzene rings is 2. The monoisotopic (exact) mass is 428 g/mol. The van der Waals surface area contributed by atoms with E-state index in [9.17, 15) is 26.7 Å². The van der Waals surface area contributed by atoms with Crippen molar-refractivity contribution in [3.8, 4) is 0 Å². The van der Waals surface area contributed by atoms with E-state index >= 15 is 0 Å². The van der Waals surface area contributed by atoms with Gasteiger partial charge in [0.2, 0.25) is 10.0 Å². The fourth-order valence-electron chi connectivity index (χ4n) is 3.84. The molecule has 2 aromatic rings. The van der Waals surface area contributed by atoms with E-state index in [0.717, 1.165) is 24.0 Å². The van der Waals surface area contributed by atoms with Gasteiger partial charge >= 0.3 is 6.18 Å². The number of alkyl halides is 3. The third kappa shape index (κ3) is 5.29. The highest BCUT2D eigenvalue weighted by molar-refractivity contribution is 7.92. The van der Waals surface area contributed by atoms with E-state index in [-0.39, 0.29) is 18.5 Å². The van der Waals surface area contributed by atoms with Crippen LogP contribution in [0.15, 0.2) is 48.5 Å². The second-order valence-electron chi connectivity index (χ2n) is 7.63. The number of halogens is 3. The lowest BCUT2D eigenvalue weighted by atomic mass is 9.77. The van der Waals surface area contributed by atoms with Crippen LogP contribution in [0.5, 0.6) is 0 Å². The molecule has 1 unspecified atom stereocenters. The topological polar surface area (TPSA) is 78.4 Å². The maximum Gasteiger partial charge on any atom is 0.416 e. The number of piperidine rings is 1. The molecule has 0 amide bonds. The minimum Gasteiger partial charge on any atom is -0.385 e. The van der Waals surface area contributed by atoms with Gasteiger partial charge in [0.25, 0.3) is 0 Å². The van der Waals surface area contributed by atoms with Gasteiger partial charge in [-0.1, -0.05) is 24.3 Å². The molecule has 0 radical (unpaired) electrons. The molecule has 29 heavy (non-hydrogen) atoms. The molecule has 158 valence electrons. The first-order chi connectivity index (χ1) is 13.4. The first-order valence-corrected chi connectivity index (χ1v) is 11.0. The van der Waals surface area contributed by atoms with Crippen LogP contribution in [0.25, 0.3) is 0 Å². The zero-order valence-corrected chi connectivity index (χ0v) is 16.8. The lowest BCUT2D eigenvalue weighted by Gasteiger charge is -2.41. The molecule has 9 heteroatoms. The highest BCUT2D eigenvalue weighted by atomic mass is 32.2. The van der Waals surface area contributed by atoms with E-state index in [1.807, 2.05) is 13.0 Å². The smallest absolute Gasteiger partial charge is 0.385 e. The average molecular weight is 428 g/mol. The lowest BCUT2D eigenvalue weighted by Crippen LogP contribution is -2.46. The minimum absolute atomic E-state index is 0.104. The molecule has 2 aromatic carbocycles. The molecule has 5 nitrogen and oxygen atoms in total. The molecule has 1 fully saturated rings. The Kier molecular flexibility index (Phi) is 5.68. The van der Waals surface area contributed by atoms with Crippen LogP contribution < -0.4 is 10.0 Å². The Labute approximate surface area is 168 Å². The predicted octanol–water partition coefficient (Wildman–Crippen LogP) is 3.78. The summed E-state index contributed by atoms with van der Waals surface area (Å²) in [6.45, 7) is 1.89. The zero-order valence-electron chi connectivity index (χ0n) is 16.0. The third-order valence-corrected chi connectivity index (χ3v) is 5.62. The molecular weight excluding hydrogens is 405 g/mol. The summed E-state index contributed by atoms with van der Waals surface area (Å²) in [6.07, 6.45) is -2.79. The van der Waals surface area contributed by atoms with Crippen molar-refractivity contribution in [2.45, 2.75) is 43.6 Å². The van der Waals surface area contributed by atoms with Crippen molar-refractivity contribution in [3.05, 3.63) is 65.2 Å². The molecule has 0 bridgehead atoms. The van der Waals surface area contributed by atoms with Gasteiger partial charge in [-0.3, -0.25) is 4.72 Å². The van der Waals surface area contributed by atoms with Crippen LogP contribution >= 0.6 is 0 Å². The fourth-order valence-corrected chi connectivity index (χ4v) is 4.40. The predicted molar refractivity (Wildman–Crippen MR) is 105 cm³/mol. The normalized spacial score (nSPS) is 25.6. The highest BCUT2D eigenvalue weighted by Crippen LogP contribution is 2.41. The van der Waals surface area contributed by atoms with Crippen LogP contribution in [0.2, 0.25) is 0 Å². The van der Waals surface area contributed by atoms with Crippen LogP contribution in [0.3, 0.4) is 0 Å². The number of hydrogen-bond donors (Lipinski definition) is 3. The van der Waals surface area contributed by atoms with E-state index < -0.39 is 27.4 Å². The Hall–Kier alpha value is -2.10. The quantitative estimate of drug-likeness (QED) is 0.693. The van der Waals surface area contributed by atoms with Gasteiger partial charge in [-0.15, -0.1) is 0 Å². The first-order valence-electron chi connectivity index (χ1n) is 9.10. The number of rotatable bonds is 4. The molecule has 1 saturated heterocycles. The largest absolute Gasteiger partial charge is 0.416 e. The van der Waals surface area contributed by atoms with Crippen LogP contribution in [0, 0.1) is 0 Å². The van der Waals surface area contributed by atoms with Crippen LogP contribution in [-0.2, 0) is 21.8 Å². The number of hydrogen-bond acceptors (Lipinski definition) is 4. The van der Waals surface area contributed by atoms with Gasteiger partial charge in [0.05, 0.1) is 17.4 Å². The van der Waals surface area contributed by atoms with E-state index in [1.54, 1.807) is 18.2 Å². The van der Waals surface area contributed by atoms with Crippen LogP contribution in [-0.4, -0.2) is 25.8 Å². The number of nitrogens with one attached hydrogen (secondary N) is 2. The standard InChI is InChI=1S/C20H23F3N2O3S/c1-13-11-19(26,15-6-8-16(9-7-15)20(21,22)23)12-18(24-13)14-4-3-5-17(10-14)25-29(2,27)28/h3-10,13,18,24-26H,11-12H2,1-2H3/t13-,18-,19?/m0/s1. The molecule has 3 atom stereocenters. The van der Waals surface area contributed by atoms with Gasteiger partial charge < -0.3 is 10.4 Å². The summed E-state index contributed by atoms with van der Waals surface area (Å²) in [4.78, 5) is 0. The Balaban J connectivity index is 1.88. The van der Waals surface area contributed by atoms with E-state index in [2.05, 4.69) is 10.0 Å². The molecular formula is C20H23F3N2O3S. The SMILES string of the molecule is C[C@H]1CC(O)(c2ccc(C(F)(F)F)cc2)C[C@@H](c2cccc(NS(C)(=O)=O)c2)N1. The van der Waals surface area contributed by atoms with Crippen molar-refractivity contribution in [1.82, 2.24) is 5.32 Å². The number of anilines is 1. The van der Waals surface area contributed by atoms with E-state index in [1.165, 1.54) is 12.1 Å². The number of sulfonamides is 1. The third-order valence-electron chi connectivity index (χ3n) is 5.01. The Morgan fingerprint density at radius 3 is 2.38 bits per heavy atom. The average Bonchev–Trinajstić information content (AvgIpc) is 2.59. The lowest BCUT2D eigenvalue weighted by molar-refractivity contribution is -0.137. The Morgan fingerprint density at radius 2 is 1.79 bits per heavy atom. The first kappa shape index (κ1) is 21.6. The molecule has 0 spiro atoms. The van der Waals surface area contributed by atoms with Crippen molar-refractivity contribution in [3.63, 3.8) is 0 Å². The van der Waals surface area contributed by atoms with Crippen molar-refractivity contribution >= 4 is 15.7 Å². The van der Waals surface area contributed by atoms with Crippen molar-refractivity contribution in [1.29, 1.82) is 0 Å². The van der Waals surface area contributed by atoms with Crippen molar-refractivity contribution < 1.29 is 26.7 Å². The zero-order chi connectivity index (χ0) is 21.4. The van der Waals surface area contributed by atoms with E-state index in [0.29, 0.717) is 17.7 Å². The van der Waals surface area contributed by atoms with Gasteiger partial charge in [-0.25, -0.2) is 8.42 Å². The summed E-state index contributed by atoms with van der Waals surface area (Å²) in [6, 6.07) is 11.0. The summed E-state index contributed by atoms with van der Waals surface area (Å²) in [5, 5.41) is 14.6. The maximum atomic E-state index is 12.8. The Morgan fingerprint density at radius 1 is 1.14 bits per heavy atom.